The molecule has 1 aliphatic rings. The molecule has 0 radical (unpaired) electrons. The first kappa shape index (κ1) is 17.7. The van der Waals surface area contributed by atoms with Crippen molar-refractivity contribution >= 4 is 18.3 Å². The summed E-state index contributed by atoms with van der Waals surface area (Å²) in [5.41, 5.74) is 5.65. The van der Waals surface area contributed by atoms with E-state index in [1.807, 2.05) is 0 Å². The first-order chi connectivity index (χ1) is 8.11. The molecule has 0 aromatic carbocycles. The van der Waals surface area contributed by atoms with Gasteiger partial charge in [-0.1, -0.05) is 13.8 Å². The molecule has 18 heavy (non-hydrogen) atoms. The van der Waals surface area contributed by atoms with Gasteiger partial charge in [0.15, 0.2) is 0 Å². The van der Waals surface area contributed by atoms with Crippen molar-refractivity contribution in [1.29, 1.82) is 0 Å². The Labute approximate surface area is 116 Å². The zero-order chi connectivity index (χ0) is 12.7. The normalized spacial score (nSPS) is 20.6. The Morgan fingerprint density at radius 3 is 2.72 bits per heavy atom. The third kappa shape index (κ3) is 7.19. The van der Waals surface area contributed by atoms with Gasteiger partial charge in [0.25, 0.3) is 0 Å². The first-order valence-electron chi connectivity index (χ1n) is 6.72. The van der Waals surface area contributed by atoms with Gasteiger partial charge in [0, 0.05) is 25.6 Å². The molecule has 0 spiro atoms. The van der Waals surface area contributed by atoms with Crippen molar-refractivity contribution in [3.63, 3.8) is 0 Å². The van der Waals surface area contributed by atoms with Crippen LogP contribution in [-0.2, 0) is 9.53 Å². The van der Waals surface area contributed by atoms with Gasteiger partial charge < -0.3 is 15.8 Å². The minimum atomic E-state index is 0. The van der Waals surface area contributed by atoms with Crippen molar-refractivity contribution in [3.05, 3.63) is 0 Å². The highest BCUT2D eigenvalue weighted by Gasteiger charge is 2.18. The predicted octanol–water partition coefficient (Wildman–Crippen LogP) is 1.86. The maximum absolute atomic E-state index is 11.7. The maximum Gasteiger partial charge on any atom is 0.220 e. The number of hydrogen-bond acceptors (Lipinski definition) is 3. The second kappa shape index (κ2) is 9.59. The van der Waals surface area contributed by atoms with Crippen LogP contribution in [0.5, 0.6) is 0 Å². The van der Waals surface area contributed by atoms with Crippen LogP contribution in [0.3, 0.4) is 0 Å². The van der Waals surface area contributed by atoms with Crippen molar-refractivity contribution in [2.24, 2.45) is 11.7 Å². The molecule has 0 saturated carbocycles. The van der Waals surface area contributed by atoms with Crippen molar-refractivity contribution in [1.82, 2.24) is 5.32 Å². The summed E-state index contributed by atoms with van der Waals surface area (Å²) < 4.78 is 5.49. The Kier molecular flexibility index (Phi) is 9.42. The van der Waals surface area contributed by atoms with Gasteiger partial charge in [-0.25, -0.2) is 0 Å². The average Bonchev–Trinajstić information content (AvgIpc) is 2.77. The van der Waals surface area contributed by atoms with Crippen LogP contribution in [0.15, 0.2) is 0 Å². The van der Waals surface area contributed by atoms with E-state index in [1.54, 1.807) is 0 Å². The fourth-order valence-corrected chi connectivity index (χ4v) is 2.25. The third-order valence-corrected chi connectivity index (χ3v) is 3.12. The number of ether oxygens (including phenoxy) is 1. The van der Waals surface area contributed by atoms with Crippen LogP contribution in [-0.4, -0.2) is 31.2 Å². The van der Waals surface area contributed by atoms with Crippen molar-refractivity contribution in [2.75, 3.05) is 13.2 Å². The molecule has 108 valence electrons. The molecule has 1 aliphatic heterocycles. The molecular weight excluding hydrogens is 252 g/mol. The number of amides is 1. The second-order valence-electron chi connectivity index (χ2n) is 5.30. The number of nitrogens with one attached hydrogen (secondary N) is 1. The Balaban J connectivity index is 0.00000289. The lowest BCUT2D eigenvalue weighted by Gasteiger charge is -2.19. The molecule has 4 nitrogen and oxygen atoms in total. The predicted molar refractivity (Wildman–Crippen MR) is 75.9 cm³/mol. The van der Waals surface area contributed by atoms with Gasteiger partial charge in [-0.15, -0.1) is 12.4 Å². The van der Waals surface area contributed by atoms with Crippen LogP contribution in [0.25, 0.3) is 0 Å². The van der Waals surface area contributed by atoms with Crippen LogP contribution >= 0.6 is 12.4 Å². The van der Waals surface area contributed by atoms with E-state index in [4.69, 9.17) is 10.5 Å². The molecule has 2 atom stereocenters. The molecule has 0 aromatic heterocycles. The molecule has 1 heterocycles. The van der Waals surface area contributed by atoms with E-state index in [2.05, 4.69) is 19.2 Å². The topological polar surface area (TPSA) is 64.3 Å². The SMILES string of the molecule is CC(C)CC(CN)NC(=O)CCC1CCCO1.Cl. The Hall–Kier alpha value is -0.320. The summed E-state index contributed by atoms with van der Waals surface area (Å²) in [6, 6.07) is 0.118. The van der Waals surface area contributed by atoms with Gasteiger partial charge in [0.1, 0.15) is 0 Å². The van der Waals surface area contributed by atoms with Crippen molar-refractivity contribution < 1.29 is 9.53 Å². The maximum atomic E-state index is 11.7. The number of carbonyl (C=O) groups excluding carboxylic acids is 1. The van der Waals surface area contributed by atoms with Crippen LogP contribution in [0.2, 0.25) is 0 Å². The van der Waals surface area contributed by atoms with Crippen LogP contribution in [0, 0.1) is 5.92 Å². The molecule has 5 heteroatoms. The monoisotopic (exact) mass is 278 g/mol. The van der Waals surface area contributed by atoms with E-state index in [0.717, 1.165) is 32.3 Å². The van der Waals surface area contributed by atoms with Gasteiger partial charge in [-0.2, -0.15) is 0 Å². The zero-order valence-corrected chi connectivity index (χ0v) is 12.3. The van der Waals surface area contributed by atoms with Gasteiger partial charge >= 0.3 is 0 Å². The fraction of sp³-hybridized carbons (Fsp3) is 0.923. The van der Waals surface area contributed by atoms with Crippen LogP contribution in [0.4, 0.5) is 0 Å². The summed E-state index contributed by atoms with van der Waals surface area (Å²) in [6.45, 7) is 5.65. The van der Waals surface area contributed by atoms with E-state index in [0.29, 0.717) is 25.0 Å². The third-order valence-electron chi connectivity index (χ3n) is 3.12. The van der Waals surface area contributed by atoms with Crippen molar-refractivity contribution in [3.8, 4) is 0 Å². The molecule has 0 aromatic rings. The van der Waals surface area contributed by atoms with E-state index >= 15 is 0 Å². The molecular formula is C13H27ClN2O2. The Morgan fingerprint density at radius 2 is 2.22 bits per heavy atom. The van der Waals surface area contributed by atoms with Gasteiger partial charge in [0.05, 0.1) is 6.10 Å². The molecule has 1 saturated heterocycles. The van der Waals surface area contributed by atoms with Gasteiger partial charge in [0.2, 0.25) is 5.91 Å². The Morgan fingerprint density at radius 1 is 1.50 bits per heavy atom. The van der Waals surface area contributed by atoms with Crippen LogP contribution < -0.4 is 11.1 Å². The minimum Gasteiger partial charge on any atom is -0.378 e. The van der Waals surface area contributed by atoms with Gasteiger partial charge in [-0.05, 0) is 31.6 Å². The minimum absolute atomic E-state index is 0. The van der Waals surface area contributed by atoms with E-state index in [-0.39, 0.29) is 24.4 Å². The molecule has 0 bridgehead atoms. The number of rotatable bonds is 7. The number of nitrogens with two attached hydrogens (primary N) is 1. The lowest BCUT2D eigenvalue weighted by atomic mass is 10.0. The average molecular weight is 279 g/mol. The fourth-order valence-electron chi connectivity index (χ4n) is 2.25. The van der Waals surface area contributed by atoms with Crippen LogP contribution in [0.1, 0.15) is 46.0 Å². The zero-order valence-electron chi connectivity index (χ0n) is 11.5. The number of carbonyl (C=O) groups is 1. The molecule has 1 rings (SSSR count). The van der Waals surface area contributed by atoms with E-state index in [9.17, 15) is 4.79 Å². The summed E-state index contributed by atoms with van der Waals surface area (Å²) >= 11 is 0. The highest BCUT2D eigenvalue weighted by molar-refractivity contribution is 5.85. The van der Waals surface area contributed by atoms with Crippen molar-refractivity contribution in [2.45, 2.75) is 58.1 Å². The largest absolute Gasteiger partial charge is 0.378 e. The molecule has 1 fully saturated rings. The molecule has 1 amide bonds. The molecule has 2 unspecified atom stereocenters. The lowest BCUT2D eigenvalue weighted by Crippen LogP contribution is -2.41. The molecule has 3 N–H and O–H groups in total. The summed E-state index contributed by atoms with van der Waals surface area (Å²) in [5, 5.41) is 3.00. The summed E-state index contributed by atoms with van der Waals surface area (Å²) in [5.74, 6) is 0.665. The number of halogens is 1. The quantitative estimate of drug-likeness (QED) is 0.747. The van der Waals surface area contributed by atoms with E-state index in [1.165, 1.54) is 0 Å². The lowest BCUT2D eigenvalue weighted by molar-refractivity contribution is -0.122. The second-order valence-corrected chi connectivity index (χ2v) is 5.30. The number of hydrogen-bond donors (Lipinski definition) is 2. The summed E-state index contributed by atoms with van der Waals surface area (Å²) in [6.07, 6.45) is 4.86. The summed E-state index contributed by atoms with van der Waals surface area (Å²) in [7, 11) is 0. The standard InChI is InChI=1S/C13H26N2O2.ClH/c1-10(2)8-11(9-14)15-13(16)6-5-12-4-3-7-17-12;/h10-12H,3-9,14H2,1-2H3,(H,15,16);1H. The van der Waals surface area contributed by atoms with Gasteiger partial charge in [-0.3, -0.25) is 4.79 Å². The highest BCUT2D eigenvalue weighted by atomic mass is 35.5. The first-order valence-corrected chi connectivity index (χ1v) is 6.72. The smallest absolute Gasteiger partial charge is 0.220 e. The summed E-state index contributed by atoms with van der Waals surface area (Å²) in [4.78, 5) is 11.7. The molecule has 0 aliphatic carbocycles. The highest BCUT2D eigenvalue weighted by Crippen LogP contribution is 2.16. The van der Waals surface area contributed by atoms with E-state index < -0.39 is 0 Å². The Bertz CT molecular complexity index is 231.